The monoisotopic (exact) mass is 858 g/mol. The van der Waals surface area contributed by atoms with Crippen LogP contribution in [0.4, 0.5) is 28.0 Å². The number of rotatable bonds is 15. The molecular weight excluding hydrogens is 809 g/mol. The fourth-order valence-electron chi connectivity index (χ4n) is 6.31. The first-order valence-electron chi connectivity index (χ1n) is 19.1. The van der Waals surface area contributed by atoms with E-state index >= 15 is 13.2 Å². The van der Waals surface area contributed by atoms with E-state index < -0.39 is 74.9 Å². The van der Waals surface area contributed by atoms with Crippen molar-refractivity contribution >= 4 is 28.5 Å². The van der Waals surface area contributed by atoms with E-state index in [9.17, 15) is 23.3 Å². The maximum absolute atomic E-state index is 15.3. The van der Waals surface area contributed by atoms with E-state index in [2.05, 4.69) is 14.7 Å². The molecule has 5 rings (SSSR count). The first-order valence-corrected chi connectivity index (χ1v) is 20.2. The summed E-state index contributed by atoms with van der Waals surface area (Å²) in [7, 11) is -0.501. The third kappa shape index (κ3) is 10.7. The van der Waals surface area contributed by atoms with Gasteiger partial charge in [-0.25, -0.2) is 28.1 Å². The van der Waals surface area contributed by atoms with Crippen LogP contribution >= 0.6 is 0 Å². The molecule has 0 spiro atoms. The smallest absolute Gasteiger partial charge is 0.422 e. The Morgan fingerprint density at radius 2 is 1.63 bits per heavy atom. The zero-order chi connectivity index (χ0) is 44.3. The molecule has 2 aromatic heterocycles. The molecule has 2 N–H and O–H groups in total. The van der Waals surface area contributed by atoms with E-state index in [4.69, 9.17) is 18.9 Å². The largest absolute Gasteiger partial charge is 0.493 e. The number of fused-ring (bicyclic) bond motifs is 1. The number of amides is 1. The minimum Gasteiger partial charge on any atom is -0.493 e. The molecular formula is C43H50F4N4O8S. The van der Waals surface area contributed by atoms with Crippen LogP contribution in [0.25, 0.3) is 11.3 Å². The van der Waals surface area contributed by atoms with Gasteiger partial charge in [0.1, 0.15) is 23.7 Å². The average Bonchev–Trinajstić information content (AvgIpc) is 3.47. The lowest BCUT2D eigenvalue weighted by atomic mass is 9.86. The van der Waals surface area contributed by atoms with Gasteiger partial charge in [-0.15, -0.1) is 0 Å². The first-order chi connectivity index (χ1) is 28.0. The summed E-state index contributed by atoms with van der Waals surface area (Å²) in [6.45, 7) is 12.0. The van der Waals surface area contributed by atoms with E-state index in [0.29, 0.717) is 6.61 Å². The Labute approximate surface area is 349 Å². The molecule has 1 aliphatic rings. The van der Waals surface area contributed by atoms with Crippen LogP contribution in [-0.4, -0.2) is 74.6 Å². The highest BCUT2D eigenvalue weighted by Crippen LogP contribution is 2.50. The maximum Gasteiger partial charge on any atom is 0.422 e. The van der Waals surface area contributed by atoms with Crippen LogP contribution in [0.5, 0.6) is 11.5 Å². The van der Waals surface area contributed by atoms with E-state index in [-0.39, 0.29) is 59.5 Å². The summed E-state index contributed by atoms with van der Waals surface area (Å²) >= 11 is 0. The van der Waals surface area contributed by atoms with Crippen LogP contribution in [0.2, 0.25) is 0 Å². The van der Waals surface area contributed by atoms with Crippen molar-refractivity contribution in [2.75, 3.05) is 31.8 Å². The Kier molecular flexibility index (Phi) is 13.8. The van der Waals surface area contributed by atoms with Gasteiger partial charge in [-0.1, -0.05) is 30.3 Å². The van der Waals surface area contributed by atoms with Crippen LogP contribution < -0.4 is 19.1 Å². The SMILES string of the molecule is COc1cc(C(=O)CC[C@@](O)(c2cc3c(c(-c4ccc(F)cc4)n2)N(C(=O)OC(C)(C)C)C[C@@]3(C)NS(=O)C(C)(C)C)C(F)(F)F)ncc1OCCOCc1ccccc1. The van der Waals surface area contributed by atoms with Crippen molar-refractivity contribution in [2.45, 2.75) is 95.6 Å². The molecule has 0 bridgehead atoms. The van der Waals surface area contributed by atoms with Crippen molar-refractivity contribution in [1.82, 2.24) is 14.7 Å². The Bertz CT molecular complexity index is 2200. The number of ether oxygens (including phenoxy) is 4. The molecule has 0 saturated carbocycles. The summed E-state index contributed by atoms with van der Waals surface area (Å²) in [5.41, 5.74) is -6.51. The molecule has 60 heavy (non-hydrogen) atoms. The molecule has 1 aliphatic heterocycles. The lowest BCUT2D eigenvalue weighted by molar-refractivity contribution is -0.270. The molecule has 0 aliphatic carbocycles. The number of pyridine rings is 2. The second-order valence-corrected chi connectivity index (χ2v) is 18.5. The number of alkyl halides is 3. The summed E-state index contributed by atoms with van der Waals surface area (Å²) in [6, 6.07) is 16.4. The van der Waals surface area contributed by atoms with Crippen molar-refractivity contribution in [3.63, 3.8) is 0 Å². The van der Waals surface area contributed by atoms with Crippen LogP contribution in [0.15, 0.2) is 72.9 Å². The van der Waals surface area contributed by atoms with Crippen LogP contribution in [0.3, 0.4) is 0 Å². The molecule has 3 heterocycles. The maximum atomic E-state index is 15.3. The van der Waals surface area contributed by atoms with Crippen molar-refractivity contribution < 1.29 is 55.4 Å². The Balaban J connectivity index is 1.50. The molecule has 0 radical (unpaired) electrons. The van der Waals surface area contributed by atoms with Crippen LogP contribution in [-0.2, 0) is 38.2 Å². The number of nitrogens with one attached hydrogen (secondary N) is 1. The van der Waals surface area contributed by atoms with Gasteiger partial charge in [-0.3, -0.25) is 9.69 Å². The highest BCUT2D eigenvalue weighted by atomic mass is 32.2. The van der Waals surface area contributed by atoms with Crippen LogP contribution in [0, 0.1) is 5.82 Å². The molecule has 324 valence electrons. The number of carbonyl (C=O) groups is 2. The first kappa shape index (κ1) is 46.1. The number of aromatic nitrogens is 2. The number of methoxy groups -OCH3 is 1. The summed E-state index contributed by atoms with van der Waals surface area (Å²) in [6.07, 6.45) is -7.11. The topological polar surface area (TPSA) is 149 Å². The van der Waals surface area contributed by atoms with Gasteiger partial charge in [0.25, 0.3) is 0 Å². The van der Waals surface area contributed by atoms with Gasteiger partial charge in [0.2, 0.25) is 5.60 Å². The summed E-state index contributed by atoms with van der Waals surface area (Å²) in [5, 5.41) is 11.8. The third-order valence-electron chi connectivity index (χ3n) is 9.48. The quantitative estimate of drug-likeness (QED) is 0.0679. The molecule has 1 unspecified atom stereocenters. The minimum atomic E-state index is -5.40. The van der Waals surface area contributed by atoms with Gasteiger partial charge in [0.05, 0.1) is 71.4 Å². The Hall–Kier alpha value is -4.97. The van der Waals surface area contributed by atoms with E-state index in [1.54, 1.807) is 48.5 Å². The Morgan fingerprint density at radius 3 is 2.23 bits per heavy atom. The molecule has 1 amide bonds. The fraction of sp³-hybridized carbons (Fsp3) is 0.442. The lowest BCUT2D eigenvalue weighted by Crippen LogP contribution is -2.50. The molecule has 0 saturated heterocycles. The number of carbonyl (C=O) groups excluding carboxylic acids is 2. The second kappa shape index (κ2) is 17.9. The molecule has 0 fully saturated rings. The molecule has 17 heteroatoms. The second-order valence-electron chi connectivity index (χ2n) is 16.5. The lowest BCUT2D eigenvalue weighted by Gasteiger charge is -2.33. The minimum absolute atomic E-state index is 0.00230. The highest BCUT2D eigenvalue weighted by molar-refractivity contribution is 7.84. The van der Waals surface area contributed by atoms with Crippen molar-refractivity contribution in [1.29, 1.82) is 0 Å². The Morgan fingerprint density at radius 1 is 0.967 bits per heavy atom. The summed E-state index contributed by atoms with van der Waals surface area (Å²) < 4.78 is 98.3. The number of Topliss-reactive ketones (excluding diaryl/α,β-unsaturated/α-hetero) is 1. The van der Waals surface area contributed by atoms with Gasteiger partial charge >= 0.3 is 12.3 Å². The average molecular weight is 859 g/mol. The number of hydrogen-bond acceptors (Lipinski definition) is 10. The number of aliphatic hydroxyl groups is 1. The number of halogens is 4. The third-order valence-corrected chi connectivity index (χ3v) is 11.2. The molecule has 3 atom stereocenters. The molecule has 2 aromatic carbocycles. The summed E-state index contributed by atoms with van der Waals surface area (Å²) in [5.74, 6) is -1.23. The normalized spacial score (nSPS) is 17.1. The van der Waals surface area contributed by atoms with Gasteiger partial charge in [0.15, 0.2) is 17.3 Å². The van der Waals surface area contributed by atoms with E-state index in [0.717, 1.165) is 23.8 Å². The van der Waals surface area contributed by atoms with E-state index in [1.807, 2.05) is 30.3 Å². The van der Waals surface area contributed by atoms with Crippen molar-refractivity contribution in [3.05, 3.63) is 101 Å². The predicted molar refractivity (Wildman–Crippen MR) is 217 cm³/mol. The number of anilines is 1. The van der Waals surface area contributed by atoms with E-state index in [1.165, 1.54) is 36.4 Å². The number of hydrogen-bond donors (Lipinski definition) is 2. The van der Waals surface area contributed by atoms with Gasteiger partial charge in [0, 0.05) is 23.6 Å². The van der Waals surface area contributed by atoms with Gasteiger partial charge in [-0.2, -0.15) is 13.2 Å². The molecule has 12 nitrogen and oxygen atoms in total. The number of nitrogens with zero attached hydrogens (tertiary/aromatic N) is 3. The predicted octanol–water partition coefficient (Wildman–Crippen LogP) is 8.32. The van der Waals surface area contributed by atoms with Gasteiger partial charge < -0.3 is 24.1 Å². The number of ketones is 1. The van der Waals surface area contributed by atoms with Crippen molar-refractivity contribution in [3.8, 4) is 22.8 Å². The van der Waals surface area contributed by atoms with Crippen molar-refractivity contribution in [2.24, 2.45) is 0 Å². The summed E-state index contributed by atoms with van der Waals surface area (Å²) in [4.78, 5) is 36.9. The zero-order valence-corrected chi connectivity index (χ0v) is 35.6. The fourth-order valence-corrected chi connectivity index (χ4v) is 7.20. The standard InChI is InChI=1S/C43H50F4N4O8S/c1-39(2,3)59-38(53)51-26-41(7,50-60(55)40(4,5)6)30-22-35(49-36(37(30)51)28-14-16-29(44)17-15-28)42(54,43(45,46)47)19-18-32(52)31-23-33(56-8)34(24-48-31)58-21-20-57-25-27-12-10-9-11-13-27/h9-17,22-24,50,54H,18-21,25-26H2,1-8H3/t41-,42-,60?/m1/s1. The number of benzene rings is 2. The molecule has 4 aromatic rings. The zero-order valence-electron chi connectivity index (χ0n) is 34.7. The highest BCUT2D eigenvalue weighted by Gasteiger charge is 2.57. The van der Waals surface area contributed by atoms with Gasteiger partial charge in [-0.05, 0) is 90.8 Å². The van der Waals surface area contributed by atoms with Crippen LogP contribution in [0.1, 0.15) is 88.6 Å².